The predicted molar refractivity (Wildman–Crippen MR) is 0 cm³/mol. The zero-order chi connectivity index (χ0) is 0. The molecule has 0 aliphatic heterocycles. The summed E-state index contributed by atoms with van der Waals surface area (Å²) in [5.41, 5.74) is 0. The summed E-state index contributed by atoms with van der Waals surface area (Å²) in [5.74, 6) is 0. The van der Waals surface area contributed by atoms with E-state index in [-0.39, 0.29) is 1670 Å². The third kappa shape index (κ3) is 1270. The minimum absolute atomic E-state index is 0. The SMILES string of the molecule is [Fe].[Fe].[Fe].[Fe].[Fe].[Fe].[Fe].[Fe].[Fe].[Fe].[Fe].[Fe].[Fe].[Fe].[Fe].[Fe].[Fe].[Fe].[Fe].[Fe].[Fe].[Fe].[Fe].[Fe].[Fe].[Fe].[Fe].[Fe].[Fe].[Fe].[Fe].[Fe].[Fe].[Fe].[Fe].[Ni].[Ni].[Ni].[Ni].[Ni].[Ni].[Ni].[Ni].[Ni].[Ni].[Ni].[Ni].[Ni].[Ni].[Ni].[Ni].[Ni].[Ni].[Ni].[Ni].[Ni].[Ni].[Ni].[Ni].[Ni].[Ni].[Ni].[Ni].[Ni].[Ni].[Ni].[Ni].[Ni].[Ni].[Ni].[Ni].[Ni].[Ni].[Ni].[Ni].[Ni].[Ni].[Ni].[Ni].[Ni].[Ni].[Ni].[Ni].[Ni].[Ni].[Ni].[Ni].[Ni].[Ni].[Ni].[Ni].[Ni].[Ni].[Ni].[Ni].[Ni].[Ni].[Ni].[Ni].[Ni]. The van der Waals surface area contributed by atoms with Crippen LogP contribution in [0.25, 0.3) is 0 Å². The molecule has 0 aromatic heterocycles. The second-order valence-corrected chi connectivity index (χ2v) is 0. The van der Waals surface area contributed by atoms with Crippen LogP contribution < -0.4 is 0 Å². The smallest absolute Gasteiger partial charge is 0 e. The topological polar surface area (TPSA) is 0 Å². The molecule has 0 amide bonds. The normalized spacial score (nSPS) is 0. The maximum Gasteiger partial charge on any atom is 0 e. The van der Waals surface area contributed by atoms with Crippen LogP contribution in [0.5, 0.6) is 0 Å². The van der Waals surface area contributed by atoms with Gasteiger partial charge in [0.2, 0.25) is 0 Å². The van der Waals surface area contributed by atoms with Crippen molar-refractivity contribution in [2.24, 2.45) is 0 Å². The van der Waals surface area contributed by atoms with Crippen LogP contribution in [0.15, 0.2) is 0 Å². The molecular formula is Fe35Ni65. The summed E-state index contributed by atoms with van der Waals surface area (Å²) in [7, 11) is 0. The average Bonchev–Trinajstić information content (AvgIpc) is 0. The maximum atomic E-state index is 0. The minimum Gasteiger partial charge on any atom is 0 e. The van der Waals surface area contributed by atoms with Gasteiger partial charge in [-0.3, -0.25) is 0 Å². The fraction of sp³-hybridized carbons (Fsp3) is 0. The van der Waals surface area contributed by atoms with Crippen LogP contribution in [-0.4, -0.2) is 0 Å². The maximum absolute atomic E-state index is 0. The van der Waals surface area contributed by atoms with Crippen molar-refractivity contribution in [1.29, 1.82) is 0 Å². The van der Waals surface area contributed by atoms with Gasteiger partial charge in [-0.1, -0.05) is 0 Å². The van der Waals surface area contributed by atoms with Gasteiger partial charge >= 0.3 is 0 Å². The quantitative estimate of drug-likeness (QED) is 0.295. The minimum atomic E-state index is 0. The molecule has 0 nitrogen and oxygen atoms in total. The van der Waals surface area contributed by atoms with E-state index in [2.05, 4.69) is 0 Å². The van der Waals surface area contributed by atoms with E-state index in [1.165, 1.54) is 0 Å². The van der Waals surface area contributed by atoms with Gasteiger partial charge in [0.25, 0.3) is 0 Å². The number of hydrogen-bond donors (Lipinski definition) is 0. The van der Waals surface area contributed by atoms with Crippen molar-refractivity contribution in [1.82, 2.24) is 0 Å². The van der Waals surface area contributed by atoms with Crippen LogP contribution in [0.4, 0.5) is 0 Å². The van der Waals surface area contributed by atoms with Gasteiger partial charge in [-0.25, -0.2) is 0 Å². The Labute approximate surface area is 1630 Å². The molecule has 930 valence electrons. The zero-order valence-corrected chi connectivity index (χ0v) is 136. The van der Waals surface area contributed by atoms with Gasteiger partial charge in [-0.15, -0.1) is 0 Å². The van der Waals surface area contributed by atoms with E-state index in [1.807, 2.05) is 0 Å². The summed E-state index contributed by atoms with van der Waals surface area (Å²) in [4.78, 5) is 0. The van der Waals surface area contributed by atoms with Crippen molar-refractivity contribution in [3.8, 4) is 0 Å². The van der Waals surface area contributed by atoms with Gasteiger partial charge in [0.15, 0.2) is 0 Å². The molecule has 0 fully saturated rings. The van der Waals surface area contributed by atoms with E-state index in [4.69, 9.17) is 0 Å². The molecule has 0 atom stereocenters. The third-order valence-corrected chi connectivity index (χ3v) is 0. The monoisotopic (exact) mass is 5720 g/mol. The van der Waals surface area contributed by atoms with Crippen LogP contribution in [0.2, 0.25) is 0 Å². The molecule has 0 unspecified atom stereocenters. The molecule has 0 aromatic rings. The van der Waals surface area contributed by atoms with Gasteiger partial charge in [0.05, 0.1) is 0 Å². The molecule has 100 heteroatoms. The molecule has 0 saturated carbocycles. The van der Waals surface area contributed by atoms with Crippen molar-refractivity contribution in [3.05, 3.63) is 0 Å². The first-order chi connectivity index (χ1) is 0. The second kappa shape index (κ2) is 1300. The van der Waals surface area contributed by atoms with Gasteiger partial charge in [0, 0.05) is 1670 Å². The second-order valence-electron chi connectivity index (χ2n) is 0. The molecule has 0 saturated heterocycles. The summed E-state index contributed by atoms with van der Waals surface area (Å²) >= 11 is 0. The fourth-order valence-corrected chi connectivity index (χ4v) is 0. The Morgan fingerprint density at radius 2 is 0.0200 bits per heavy atom. The summed E-state index contributed by atoms with van der Waals surface area (Å²) in [6, 6.07) is 0. The number of hydrogen-bond acceptors (Lipinski definition) is 0. The molecule has 0 heterocycles. The molecule has 0 aliphatic carbocycles. The molecule has 0 aliphatic rings. The summed E-state index contributed by atoms with van der Waals surface area (Å²) in [6.07, 6.45) is 0. The molecule has 0 rings (SSSR count). The van der Waals surface area contributed by atoms with Gasteiger partial charge in [-0.2, -0.15) is 0 Å². The first-order valence-corrected chi connectivity index (χ1v) is 0. The van der Waals surface area contributed by atoms with Crippen molar-refractivity contribution >= 4 is 0 Å². The first-order valence-electron chi connectivity index (χ1n) is 0. The standard InChI is InChI=1S/35Fe.65Ni. The van der Waals surface area contributed by atoms with E-state index in [0.29, 0.717) is 0 Å². The van der Waals surface area contributed by atoms with Crippen LogP contribution in [0.1, 0.15) is 0 Å². The van der Waals surface area contributed by atoms with Gasteiger partial charge < -0.3 is 0 Å². The summed E-state index contributed by atoms with van der Waals surface area (Å²) in [6.45, 7) is 0. The third-order valence-electron chi connectivity index (χ3n) is 0. The molecule has 0 bridgehead atoms. The largest absolute Gasteiger partial charge is 0 e. The van der Waals surface area contributed by atoms with Crippen molar-refractivity contribution in [3.63, 3.8) is 0 Å². The first kappa shape index (κ1) is 1330. The van der Waals surface area contributed by atoms with E-state index >= 15 is 0 Å². The van der Waals surface area contributed by atoms with Crippen LogP contribution in [0, 0.1) is 0 Å². The zero-order valence-electron chi connectivity index (χ0n) is 32.9. The van der Waals surface area contributed by atoms with Crippen molar-refractivity contribution < 1.29 is 1670 Å². The van der Waals surface area contributed by atoms with Crippen LogP contribution >= 0.6 is 0 Å². The Morgan fingerprint density at radius 3 is 0.0200 bits per heavy atom. The van der Waals surface area contributed by atoms with Crippen LogP contribution in [-0.2, 0) is 1670 Å². The van der Waals surface area contributed by atoms with Crippen molar-refractivity contribution in [2.45, 2.75) is 0 Å². The Morgan fingerprint density at radius 1 is 0.0200 bits per heavy atom. The van der Waals surface area contributed by atoms with E-state index in [1.54, 1.807) is 0 Å². The fourth-order valence-electron chi connectivity index (χ4n) is 0. The van der Waals surface area contributed by atoms with E-state index in [0.717, 1.165) is 0 Å². The van der Waals surface area contributed by atoms with Crippen molar-refractivity contribution in [2.75, 3.05) is 0 Å². The van der Waals surface area contributed by atoms with E-state index in [9.17, 15) is 0 Å². The molecular weight excluding hydrogens is 5770 g/mol. The van der Waals surface area contributed by atoms with E-state index < -0.39 is 0 Å². The van der Waals surface area contributed by atoms with Gasteiger partial charge in [0.1, 0.15) is 0 Å². The average molecular weight is 5770 g/mol. The molecule has 0 radical (unpaired) electrons. The summed E-state index contributed by atoms with van der Waals surface area (Å²) < 4.78 is 0. The Kier molecular flexibility index (Phi) is 17200. The van der Waals surface area contributed by atoms with Crippen LogP contribution in [0.3, 0.4) is 0 Å². The summed E-state index contributed by atoms with van der Waals surface area (Å²) in [5, 5.41) is 0. The van der Waals surface area contributed by atoms with Gasteiger partial charge in [-0.05, 0) is 0 Å². The Balaban J connectivity index is 0. The molecule has 0 aromatic carbocycles. The Hall–Kier alpha value is 50.3. The Bertz CT molecular complexity index is 93.4. The number of rotatable bonds is 0. The molecule has 0 spiro atoms. The molecule has 100 heavy (non-hydrogen) atoms. The predicted octanol–water partition coefficient (Wildman–Crippen LogP) is -0.250. The molecule has 0 N–H and O–H groups in total.